The number of aryl methyl sites for hydroxylation is 1. The predicted molar refractivity (Wildman–Crippen MR) is 38.4 cm³/mol. The molecule has 56 valence electrons. The van der Waals surface area contributed by atoms with E-state index in [9.17, 15) is 0 Å². The average molecular weight is 149 g/mol. The standard InChI is InChI=1S/C7H7N3O/c1-6-8-7(11-9-6)10-4-2-3-5-10/h2-5H,1H3. The van der Waals surface area contributed by atoms with Crippen molar-refractivity contribution in [2.24, 2.45) is 0 Å². The zero-order valence-electron chi connectivity index (χ0n) is 6.06. The molecule has 0 aliphatic heterocycles. The minimum atomic E-state index is 0.507. The van der Waals surface area contributed by atoms with Gasteiger partial charge < -0.3 is 4.52 Å². The molecule has 2 aromatic heterocycles. The predicted octanol–water partition coefficient (Wildman–Crippen LogP) is 1.17. The summed E-state index contributed by atoms with van der Waals surface area (Å²) in [5, 5.41) is 3.67. The molecule has 0 bridgehead atoms. The Kier molecular flexibility index (Phi) is 1.25. The van der Waals surface area contributed by atoms with Crippen molar-refractivity contribution in [3.63, 3.8) is 0 Å². The number of rotatable bonds is 1. The maximum atomic E-state index is 4.91. The molecule has 0 spiro atoms. The van der Waals surface area contributed by atoms with Gasteiger partial charge in [-0.1, -0.05) is 5.16 Å². The van der Waals surface area contributed by atoms with Crippen LogP contribution in [0.2, 0.25) is 0 Å². The van der Waals surface area contributed by atoms with Crippen molar-refractivity contribution in [1.82, 2.24) is 14.7 Å². The van der Waals surface area contributed by atoms with Crippen molar-refractivity contribution in [3.05, 3.63) is 30.4 Å². The first-order valence-corrected chi connectivity index (χ1v) is 3.30. The van der Waals surface area contributed by atoms with E-state index in [0.29, 0.717) is 11.8 Å². The summed E-state index contributed by atoms with van der Waals surface area (Å²) in [5.74, 6) is 0.647. The van der Waals surface area contributed by atoms with Gasteiger partial charge >= 0.3 is 6.01 Å². The Bertz CT molecular complexity index is 336. The van der Waals surface area contributed by atoms with E-state index < -0.39 is 0 Å². The lowest BCUT2D eigenvalue weighted by molar-refractivity contribution is 0.399. The van der Waals surface area contributed by atoms with Crippen LogP contribution in [-0.2, 0) is 0 Å². The monoisotopic (exact) mass is 149 g/mol. The third kappa shape index (κ3) is 1.02. The minimum absolute atomic E-state index is 0.507. The fourth-order valence-corrected chi connectivity index (χ4v) is 0.853. The van der Waals surface area contributed by atoms with Crippen molar-refractivity contribution in [2.45, 2.75) is 6.92 Å². The summed E-state index contributed by atoms with van der Waals surface area (Å²) in [6, 6.07) is 4.31. The lowest BCUT2D eigenvalue weighted by Gasteiger charge is -1.89. The van der Waals surface area contributed by atoms with Crippen LogP contribution in [0, 0.1) is 6.92 Å². The molecule has 0 fully saturated rings. The van der Waals surface area contributed by atoms with E-state index in [1.165, 1.54) is 0 Å². The molecule has 0 radical (unpaired) electrons. The lowest BCUT2D eigenvalue weighted by Crippen LogP contribution is -1.88. The molecule has 4 nitrogen and oxygen atoms in total. The molecule has 0 saturated heterocycles. The molecule has 11 heavy (non-hydrogen) atoms. The van der Waals surface area contributed by atoms with E-state index in [1.54, 1.807) is 11.5 Å². The van der Waals surface area contributed by atoms with Crippen LogP contribution in [0.1, 0.15) is 5.82 Å². The van der Waals surface area contributed by atoms with Gasteiger partial charge in [0.25, 0.3) is 0 Å². The minimum Gasteiger partial charge on any atom is -0.315 e. The molecule has 2 aromatic rings. The van der Waals surface area contributed by atoms with Gasteiger partial charge in [0.2, 0.25) is 0 Å². The smallest absolute Gasteiger partial charge is 0.315 e. The first-order valence-electron chi connectivity index (χ1n) is 3.30. The first kappa shape index (κ1) is 6.15. The van der Waals surface area contributed by atoms with Gasteiger partial charge in [-0.25, -0.2) is 0 Å². The SMILES string of the molecule is Cc1noc(-n2cccc2)n1. The third-order valence-corrected chi connectivity index (χ3v) is 1.34. The molecule has 0 aromatic carbocycles. The molecule has 0 unspecified atom stereocenters. The van der Waals surface area contributed by atoms with E-state index in [4.69, 9.17) is 4.52 Å². The Morgan fingerprint density at radius 3 is 2.64 bits per heavy atom. The van der Waals surface area contributed by atoms with Crippen LogP contribution in [0.15, 0.2) is 29.0 Å². The second-order valence-corrected chi connectivity index (χ2v) is 2.21. The molecular formula is C7H7N3O. The molecule has 2 heterocycles. The van der Waals surface area contributed by atoms with Gasteiger partial charge in [-0.05, 0) is 19.1 Å². The number of nitrogens with zero attached hydrogens (tertiary/aromatic N) is 3. The summed E-state index contributed by atoms with van der Waals surface area (Å²) in [7, 11) is 0. The van der Waals surface area contributed by atoms with E-state index in [1.807, 2.05) is 24.5 Å². The summed E-state index contributed by atoms with van der Waals surface area (Å²) in [4.78, 5) is 4.04. The number of hydrogen-bond acceptors (Lipinski definition) is 3. The van der Waals surface area contributed by atoms with E-state index in [0.717, 1.165) is 0 Å². The van der Waals surface area contributed by atoms with Crippen LogP contribution in [0.25, 0.3) is 6.01 Å². The number of hydrogen-bond donors (Lipinski definition) is 0. The highest BCUT2D eigenvalue weighted by atomic mass is 16.5. The molecular weight excluding hydrogens is 142 g/mol. The van der Waals surface area contributed by atoms with E-state index in [2.05, 4.69) is 10.1 Å². The quantitative estimate of drug-likeness (QED) is 0.611. The fraction of sp³-hybridized carbons (Fsp3) is 0.143. The Morgan fingerprint density at radius 1 is 1.36 bits per heavy atom. The van der Waals surface area contributed by atoms with Crippen LogP contribution in [-0.4, -0.2) is 14.7 Å². The lowest BCUT2D eigenvalue weighted by atomic mass is 10.7. The third-order valence-electron chi connectivity index (χ3n) is 1.34. The Morgan fingerprint density at radius 2 is 2.09 bits per heavy atom. The van der Waals surface area contributed by atoms with Crippen LogP contribution < -0.4 is 0 Å². The molecule has 0 aliphatic carbocycles. The van der Waals surface area contributed by atoms with Crippen LogP contribution in [0.3, 0.4) is 0 Å². The zero-order valence-corrected chi connectivity index (χ0v) is 6.06. The highest BCUT2D eigenvalue weighted by molar-refractivity contribution is 5.08. The maximum absolute atomic E-state index is 4.91. The van der Waals surface area contributed by atoms with E-state index >= 15 is 0 Å². The highest BCUT2D eigenvalue weighted by Gasteiger charge is 2.01. The molecule has 0 atom stereocenters. The number of aromatic nitrogens is 3. The molecule has 0 amide bonds. The highest BCUT2D eigenvalue weighted by Crippen LogP contribution is 2.03. The van der Waals surface area contributed by atoms with E-state index in [-0.39, 0.29) is 0 Å². The Balaban J connectivity index is 2.45. The van der Waals surface area contributed by atoms with Crippen molar-refractivity contribution in [3.8, 4) is 6.01 Å². The Labute approximate surface area is 63.5 Å². The summed E-state index contributed by atoms with van der Waals surface area (Å²) in [6.07, 6.45) is 3.71. The molecule has 2 rings (SSSR count). The molecule has 0 N–H and O–H groups in total. The molecule has 4 heteroatoms. The Hall–Kier alpha value is -1.58. The van der Waals surface area contributed by atoms with Gasteiger partial charge in [-0.3, -0.25) is 4.57 Å². The van der Waals surface area contributed by atoms with Crippen molar-refractivity contribution < 1.29 is 4.52 Å². The van der Waals surface area contributed by atoms with Crippen LogP contribution >= 0.6 is 0 Å². The second-order valence-electron chi connectivity index (χ2n) is 2.21. The van der Waals surface area contributed by atoms with Crippen LogP contribution in [0.4, 0.5) is 0 Å². The average Bonchev–Trinajstić information content (AvgIpc) is 2.55. The topological polar surface area (TPSA) is 43.9 Å². The van der Waals surface area contributed by atoms with Crippen LogP contribution in [0.5, 0.6) is 0 Å². The zero-order chi connectivity index (χ0) is 7.68. The van der Waals surface area contributed by atoms with Gasteiger partial charge in [0.1, 0.15) is 0 Å². The van der Waals surface area contributed by atoms with Crippen molar-refractivity contribution >= 4 is 0 Å². The van der Waals surface area contributed by atoms with Gasteiger partial charge in [0.15, 0.2) is 5.82 Å². The summed E-state index contributed by atoms with van der Waals surface area (Å²) in [6.45, 7) is 1.79. The molecule has 0 aliphatic rings. The maximum Gasteiger partial charge on any atom is 0.332 e. The summed E-state index contributed by atoms with van der Waals surface area (Å²) >= 11 is 0. The summed E-state index contributed by atoms with van der Waals surface area (Å²) < 4.78 is 6.67. The summed E-state index contributed by atoms with van der Waals surface area (Å²) in [5.41, 5.74) is 0. The fourth-order valence-electron chi connectivity index (χ4n) is 0.853. The van der Waals surface area contributed by atoms with Gasteiger partial charge in [-0.2, -0.15) is 4.98 Å². The van der Waals surface area contributed by atoms with Gasteiger partial charge in [0, 0.05) is 12.4 Å². The molecule has 0 saturated carbocycles. The van der Waals surface area contributed by atoms with Crippen molar-refractivity contribution in [1.29, 1.82) is 0 Å². The second kappa shape index (κ2) is 2.23. The van der Waals surface area contributed by atoms with Crippen molar-refractivity contribution in [2.75, 3.05) is 0 Å². The normalized spacial score (nSPS) is 10.3. The van der Waals surface area contributed by atoms with Gasteiger partial charge in [-0.15, -0.1) is 0 Å². The largest absolute Gasteiger partial charge is 0.332 e. The first-order chi connectivity index (χ1) is 5.36. The van der Waals surface area contributed by atoms with Gasteiger partial charge in [0.05, 0.1) is 0 Å².